The van der Waals surface area contributed by atoms with Crippen LogP contribution in [0, 0.1) is 5.92 Å². The van der Waals surface area contributed by atoms with Gasteiger partial charge in [-0.3, -0.25) is 9.59 Å². The number of carbonyl (C=O) groups is 2. The van der Waals surface area contributed by atoms with Crippen LogP contribution < -0.4 is 10.5 Å². The average molecular weight is 353 g/mol. The number of hydrogen-bond acceptors (Lipinski definition) is 4. The number of sulfonamides is 1. The van der Waals surface area contributed by atoms with E-state index in [9.17, 15) is 18.0 Å². The van der Waals surface area contributed by atoms with Crippen LogP contribution in [0.5, 0.6) is 0 Å². The number of amides is 2. The zero-order chi connectivity index (χ0) is 17.7. The molecule has 0 aliphatic carbocycles. The molecule has 0 spiro atoms. The Labute approximate surface area is 142 Å². The summed E-state index contributed by atoms with van der Waals surface area (Å²) in [6.07, 6.45) is 2.16. The number of benzene rings is 1. The first kappa shape index (κ1) is 18.4. The Morgan fingerprint density at radius 3 is 2.29 bits per heavy atom. The molecule has 1 aliphatic heterocycles. The van der Waals surface area contributed by atoms with E-state index >= 15 is 0 Å². The number of nitrogens with zero attached hydrogens (tertiary/aromatic N) is 1. The SMILES string of the molecule is CNS(=O)(=O)c1ccc(CCC(=O)N2CCC(C(N)=O)CC2)cc1. The first-order valence-corrected chi connectivity index (χ1v) is 9.41. The van der Waals surface area contributed by atoms with Crippen LogP contribution in [0.2, 0.25) is 0 Å². The highest BCUT2D eigenvalue weighted by atomic mass is 32.2. The van der Waals surface area contributed by atoms with Crippen LogP contribution in [-0.4, -0.2) is 45.3 Å². The third-order valence-electron chi connectivity index (χ3n) is 4.38. The lowest BCUT2D eigenvalue weighted by atomic mass is 9.96. The summed E-state index contributed by atoms with van der Waals surface area (Å²) >= 11 is 0. The van der Waals surface area contributed by atoms with Crippen LogP contribution >= 0.6 is 0 Å². The molecule has 0 saturated carbocycles. The van der Waals surface area contributed by atoms with Crippen LogP contribution in [0.3, 0.4) is 0 Å². The normalized spacial score (nSPS) is 16.1. The molecule has 1 aliphatic rings. The van der Waals surface area contributed by atoms with E-state index in [4.69, 9.17) is 5.73 Å². The van der Waals surface area contributed by atoms with Crippen molar-refractivity contribution in [3.63, 3.8) is 0 Å². The molecule has 1 heterocycles. The minimum Gasteiger partial charge on any atom is -0.369 e. The predicted molar refractivity (Wildman–Crippen MR) is 89.5 cm³/mol. The zero-order valence-corrected chi connectivity index (χ0v) is 14.5. The smallest absolute Gasteiger partial charge is 0.240 e. The quantitative estimate of drug-likeness (QED) is 0.764. The second-order valence-corrected chi connectivity index (χ2v) is 7.80. The van der Waals surface area contributed by atoms with Gasteiger partial charge in [0, 0.05) is 25.4 Å². The van der Waals surface area contributed by atoms with Gasteiger partial charge in [-0.1, -0.05) is 12.1 Å². The molecule has 0 bridgehead atoms. The van der Waals surface area contributed by atoms with Gasteiger partial charge in [0.25, 0.3) is 0 Å². The highest BCUT2D eigenvalue weighted by molar-refractivity contribution is 7.89. The van der Waals surface area contributed by atoms with Crippen molar-refractivity contribution in [1.29, 1.82) is 0 Å². The van der Waals surface area contributed by atoms with Crippen LogP contribution in [0.4, 0.5) is 0 Å². The molecule has 1 fully saturated rings. The van der Waals surface area contributed by atoms with Gasteiger partial charge in [-0.25, -0.2) is 13.1 Å². The molecule has 1 saturated heterocycles. The van der Waals surface area contributed by atoms with E-state index in [2.05, 4.69) is 4.72 Å². The van der Waals surface area contributed by atoms with Gasteiger partial charge in [0.15, 0.2) is 0 Å². The Bertz CT molecular complexity index is 693. The molecule has 132 valence electrons. The second-order valence-electron chi connectivity index (χ2n) is 5.91. The molecule has 8 heteroatoms. The highest BCUT2D eigenvalue weighted by Crippen LogP contribution is 2.18. The second kappa shape index (κ2) is 7.76. The summed E-state index contributed by atoms with van der Waals surface area (Å²) in [7, 11) is -2.07. The van der Waals surface area contributed by atoms with Crippen molar-refractivity contribution in [1.82, 2.24) is 9.62 Å². The minimum absolute atomic E-state index is 0.0462. The lowest BCUT2D eigenvalue weighted by Crippen LogP contribution is -2.41. The van der Waals surface area contributed by atoms with Crippen LogP contribution in [-0.2, 0) is 26.0 Å². The van der Waals surface area contributed by atoms with E-state index in [-0.39, 0.29) is 22.6 Å². The molecule has 0 radical (unpaired) electrons. The molecule has 0 atom stereocenters. The summed E-state index contributed by atoms with van der Waals surface area (Å²) in [6.45, 7) is 1.12. The maximum atomic E-state index is 12.2. The van der Waals surface area contributed by atoms with Gasteiger partial charge in [-0.2, -0.15) is 0 Å². The summed E-state index contributed by atoms with van der Waals surface area (Å²) in [6, 6.07) is 6.50. The largest absolute Gasteiger partial charge is 0.369 e. The van der Waals surface area contributed by atoms with Crippen molar-refractivity contribution in [3.05, 3.63) is 29.8 Å². The molecular weight excluding hydrogens is 330 g/mol. The minimum atomic E-state index is -3.44. The Hall–Kier alpha value is -1.93. The standard InChI is InChI=1S/C16H23N3O4S/c1-18-24(22,23)14-5-2-12(3-6-14)4-7-15(20)19-10-8-13(9-11-19)16(17)21/h2-3,5-6,13,18H,4,7-11H2,1H3,(H2,17,21). The molecule has 2 amide bonds. The summed E-state index contributed by atoms with van der Waals surface area (Å²) in [5.41, 5.74) is 6.19. The van der Waals surface area contributed by atoms with Gasteiger partial charge >= 0.3 is 0 Å². The Balaban J connectivity index is 1.85. The summed E-state index contributed by atoms with van der Waals surface area (Å²) in [5, 5.41) is 0. The van der Waals surface area contributed by atoms with Crippen molar-refractivity contribution < 1.29 is 18.0 Å². The molecule has 3 N–H and O–H groups in total. The number of nitrogens with two attached hydrogens (primary N) is 1. The zero-order valence-electron chi connectivity index (χ0n) is 13.7. The molecule has 2 rings (SSSR count). The third-order valence-corrected chi connectivity index (χ3v) is 5.81. The summed E-state index contributed by atoms with van der Waals surface area (Å²) in [4.78, 5) is 25.3. The van der Waals surface area contributed by atoms with Gasteiger partial charge in [0.2, 0.25) is 21.8 Å². The molecule has 1 aromatic carbocycles. The Kier molecular flexibility index (Phi) is 5.95. The van der Waals surface area contributed by atoms with Crippen molar-refractivity contribution >= 4 is 21.8 Å². The molecule has 0 aromatic heterocycles. The number of carbonyl (C=O) groups excluding carboxylic acids is 2. The fourth-order valence-electron chi connectivity index (χ4n) is 2.78. The number of aryl methyl sites for hydroxylation is 1. The highest BCUT2D eigenvalue weighted by Gasteiger charge is 2.25. The van der Waals surface area contributed by atoms with Gasteiger partial charge in [0.05, 0.1) is 4.90 Å². The fourth-order valence-corrected chi connectivity index (χ4v) is 3.51. The Morgan fingerprint density at radius 1 is 1.21 bits per heavy atom. The first-order chi connectivity index (χ1) is 11.3. The number of hydrogen-bond donors (Lipinski definition) is 2. The topological polar surface area (TPSA) is 110 Å². The predicted octanol–water partition coefficient (Wildman–Crippen LogP) is 0.251. The number of nitrogens with one attached hydrogen (secondary N) is 1. The number of primary amides is 1. The van der Waals surface area contributed by atoms with Crippen molar-refractivity contribution in [2.45, 2.75) is 30.6 Å². The molecular formula is C16H23N3O4S. The molecule has 1 aromatic rings. The summed E-state index contributed by atoms with van der Waals surface area (Å²) in [5.74, 6) is -0.376. The van der Waals surface area contributed by atoms with Crippen molar-refractivity contribution in [3.8, 4) is 0 Å². The van der Waals surface area contributed by atoms with Gasteiger partial charge in [-0.05, 0) is 44.0 Å². The van der Waals surface area contributed by atoms with Crippen LogP contribution in [0.25, 0.3) is 0 Å². The van der Waals surface area contributed by atoms with E-state index < -0.39 is 10.0 Å². The van der Waals surface area contributed by atoms with E-state index in [0.29, 0.717) is 38.8 Å². The molecule has 0 unspecified atom stereocenters. The average Bonchev–Trinajstić information content (AvgIpc) is 2.60. The monoisotopic (exact) mass is 353 g/mol. The molecule has 24 heavy (non-hydrogen) atoms. The van der Waals surface area contributed by atoms with Gasteiger partial charge in [-0.15, -0.1) is 0 Å². The van der Waals surface area contributed by atoms with Gasteiger partial charge in [0.1, 0.15) is 0 Å². The lowest BCUT2D eigenvalue weighted by Gasteiger charge is -2.30. The van der Waals surface area contributed by atoms with Gasteiger partial charge < -0.3 is 10.6 Å². The number of rotatable bonds is 6. The molecule has 7 nitrogen and oxygen atoms in total. The Morgan fingerprint density at radius 2 is 1.79 bits per heavy atom. The first-order valence-electron chi connectivity index (χ1n) is 7.93. The van der Waals surface area contributed by atoms with E-state index in [1.807, 2.05) is 0 Å². The maximum Gasteiger partial charge on any atom is 0.240 e. The lowest BCUT2D eigenvalue weighted by molar-refractivity contribution is -0.134. The number of piperidine rings is 1. The van der Waals surface area contributed by atoms with Crippen LogP contribution in [0.15, 0.2) is 29.2 Å². The van der Waals surface area contributed by atoms with Crippen LogP contribution in [0.1, 0.15) is 24.8 Å². The van der Waals surface area contributed by atoms with E-state index in [0.717, 1.165) is 5.56 Å². The number of likely N-dealkylation sites (tertiary alicyclic amines) is 1. The van der Waals surface area contributed by atoms with E-state index in [1.54, 1.807) is 17.0 Å². The maximum absolute atomic E-state index is 12.2. The third kappa shape index (κ3) is 4.55. The summed E-state index contributed by atoms with van der Waals surface area (Å²) < 4.78 is 25.6. The van der Waals surface area contributed by atoms with Crippen molar-refractivity contribution in [2.75, 3.05) is 20.1 Å². The van der Waals surface area contributed by atoms with Crippen molar-refractivity contribution in [2.24, 2.45) is 11.7 Å². The fraction of sp³-hybridized carbons (Fsp3) is 0.500. The van der Waals surface area contributed by atoms with E-state index in [1.165, 1.54) is 19.2 Å².